The number of H-pyrrole nitrogens is 1. The van der Waals surface area contributed by atoms with Crippen LogP contribution in [0.1, 0.15) is 11.1 Å². The Kier molecular flexibility index (Phi) is 4.19. The number of fused-ring (bicyclic) bond motifs is 2. The van der Waals surface area contributed by atoms with Gasteiger partial charge in [-0.3, -0.25) is 0 Å². The number of alkyl halides is 3. The lowest BCUT2D eigenvalue weighted by Crippen LogP contribution is -2.16. The molecule has 0 fully saturated rings. The molecule has 0 radical (unpaired) electrons. The Morgan fingerprint density at radius 2 is 2.00 bits per heavy atom. The van der Waals surface area contributed by atoms with Crippen molar-refractivity contribution >= 4 is 22.2 Å². The van der Waals surface area contributed by atoms with Gasteiger partial charge in [0.1, 0.15) is 17.9 Å². The number of nitrogens with one attached hydrogen (secondary N) is 2. The molecule has 1 aliphatic rings. The number of benzene rings is 2. The first-order valence-electron chi connectivity index (χ1n) is 9.02. The highest BCUT2D eigenvalue weighted by molar-refractivity contribution is 5.82. The van der Waals surface area contributed by atoms with Crippen LogP contribution >= 0.6 is 0 Å². The average molecular weight is 413 g/mol. The molecule has 1 aliphatic heterocycles. The summed E-state index contributed by atoms with van der Waals surface area (Å²) in [6.45, 7) is 0.345. The minimum absolute atomic E-state index is 0.0466. The topological polar surface area (TPSA) is 88.9 Å². The summed E-state index contributed by atoms with van der Waals surface area (Å²) in [6, 6.07) is 12.2. The summed E-state index contributed by atoms with van der Waals surface area (Å²) in [5, 5.41) is 17.8. The summed E-state index contributed by atoms with van der Waals surface area (Å²) in [4.78, 5) is 0. The van der Waals surface area contributed by atoms with Gasteiger partial charge in [0, 0.05) is 29.2 Å². The van der Waals surface area contributed by atoms with Gasteiger partial charge in [-0.25, -0.2) is 0 Å². The van der Waals surface area contributed by atoms with Gasteiger partial charge in [0.05, 0.1) is 5.57 Å². The van der Waals surface area contributed by atoms with Gasteiger partial charge in [0.15, 0.2) is 5.76 Å². The van der Waals surface area contributed by atoms with Gasteiger partial charge in [-0.1, -0.05) is 12.1 Å². The zero-order chi connectivity index (χ0) is 20.7. The Balaban J connectivity index is 1.34. The fourth-order valence-electron chi connectivity index (χ4n) is 3.33. The Hall–Kier alpha value is -3.82. The van der Waals surface area contributed by atoms with Crippen LogP contribution in [0.3, 0.4) is 0 Å². The van der Waals surface area contributed by atoms with Gasteiger partial charge >= 0.3 is 6.18 Å². The third kappa shape index (κ3) is 3.36. The van der Waals surface area contributed by atoms with Crippen LogP contribution in [0.25, 0.3) is 28.1 Å². The number of rotatable bonds is 4. The molecule has 0 saturated heterocycles. The van der Waals surface area contributed by atoms with E-state index in [1.165, 1.54) is 6.07 Å². The van der Waals surface area contributed by atoms with Crippen molar-refractivity contribution in [1.29, 1.82) is 0 Å². The minimum Gasteiger partial charge on any atom is -0.489 e. The first kappa shape index (κ1) is 18.2. The number of nitrogens with zero attached hydrogens (tertiary/aromatic N) is 3. The highest BCUT2D eigenvalue weighted by atomic mass is 19.4. The van der Waals surface area contributed by atoms with Crippen LogP contribution in [0.5, 0.6) is 5.75 Å². The lowest BCUT2D eigenvalue weighted by molar-refractivity contribution is -0.0696. The van der Waals surface area contributed by atoms with Crippen molar-refractivity contribution in [3.05, 3.63) is 59.7 Å². The van der Waals surface area contributed by atoms with Crippen molar-refractivity contribution in [2.24, 2.45) is 0 Å². The summed E-state index contributed by atoms with van der Waals surface area (Å²) in [5.41, 5.74) is 1.64. The van der Waals surface area contributed by atoms with E-state index in [4.69, 9.17) is 9.15 Å². The van der Waals surface area contributed by atoms with E-state index in [0.29, 0.717) is 29.4 Å². The highest BCUT2D eigenvalue weighted by Gasteiger charge is 2.37. The number of allylic oxidation sites excluding steroid dienone is 1. The molecule has 0 atom stereocenters. The second kappa shape index (κ2) is 6.90. The van der Waals surface area contributed by atoms with Crippen molar-refractivity contribution in [1.82, 2.24) is 20.6 Å². The van der Waals surface area contributed by atoms with Crippen LogP contribution in [0.4, 0.5) is 18.9 Å². The van der Waals surface area contributed by atoms with Gasteiger partial charge in [-0.05, 0) is 41.1 Å². The SMILES string of the molecule is FC(F)(F)C1=CCOc2cc(NCc3ccc4cc(-c5nn[nH]n5)oc4c3)ccc21. The van der Waals surface area contributed by atoms with Crippen molar-refractivity contribution < 1.29 is 22.3 Å². The summed E-state index contributed by atoms with van der Waals surface area (Å²) in [5.74, 6) is 1.08. The third-order valence-electron chi connectivity index (χ3n) is 4.75. The Labute approximate surface area is 167 Å². The first-order chi connectivity index (χ1) is 14.5. The predicted molar refractivity (Wildman–Crippen MR) is 103 cm³/mol. The van der Waals surface area contributed by atoms with Gasteiger partial charge in [-0.15, -0.1) is 10.2 Å². The van der Waals surface area contributed by atoms with Crippen molar-refractivity contribution in [3.63, 3.8) is 0 Å². The smallest absolute Gasteiger partial charge is 0.416 e. The molecular weight excluding hydrogens is 399 g/mol. The van der Waals surface area contributed by atoms with Crippen molar-refractivity contribution in [2.75, 3.05) is 11.9 Å². The average Bonchev–Trinajstić information content (AvgIpc) is 3.40. The lowest BCUT2D eigenvalue weighted by Gasteiger charge is -2.21. The molecule has 30 heavy (non-hydrogen) atoms. The minimum atomic E-state index is -4.41. The van der Waals surface area contributed by atoms with E-state index in [-0.39, 0.29) is 17.9 Å². The molecule has 2 aromatic carbocycles. The van der Waals surface area contributed by atoms with E-state index in [1.54, 1.807) is 12.1 Å². The van der Waals surface area contributed by atoms with E-state index in [9.17, 15) is 13.2 Å². The summed E-state index contributed by atoms with van der Waals surface area (Å²) >= 11 is 0. The van der Waals surface area contributed by atoms with Crippen LogP contribution in [0, 0.1) is 0 Å². The van der Waals surface area contributed by atoms with Crippen LogP contribution in [0.15, 0.2) is 53.0 Å². The van der Waals surface area contributed by atoms with Crippen LogP contribution < -0.4 is 10.1 Å². The molecule has 2 aromatic heterocycles. The summed E-state index contributed by atoms with van der Waals surface area (Å²) < 4.78 is 50.6. The Morgan fingerprint density at radius 3 is 2.80 bits per heavy atom. The van der Waals surface area contributed by atoms with Gasteiger partial charge in [-0.2, -0.15) is 18.4 Å². The number of halogens is 3. The van der Waals surface area contributed by atoms with Crippen LogP contribution in [0.2, 0.25) is 0 Å². The Morgan fingerprint density at radius 1 is 1.10 bits per heavy atom. The Bertz CT molecular complexity index is 1250. The van der Waals surface area contributed by atoms with Crippen LogP contribution in [-0.4, -0.2) is 33.4 Å². The second-order valence-corrected chi connectivity index (χ2v) is 6.71. The third-order valence-corrected chi connectivity index (χ3v) is 4.75. The van der Waals surface area contributed by atoms with E-state index in [0.717, 1.165) is 17.0 Å². The molecule has 5 rings (SSSR count). The number of hydrogen-bond donors (Lipinski definition) is 2. The van der Waals surface area contributed by atoms with Crippen LogP contribution in [-0.2, 0) is 6.54 Å². The molecule has 10 heteroatoms. The lowest BCUT2D eigenvalue weighted by atomic mass is 10.0. The van der Waals surface area contributed by atoms with E-state index in [2.05, 4.69) is 25.9 Å². The first-order valence-corrected chi connectivity index (χ1v) is 9.02. The van der Waals surface area contributed by atoms with E-state index >= 15 is 0 Å². The number of aromatic amines is 1. The van der Waals surface area contributed by atoms with Gasteiger partial charge < -0.3 is 14.5 Å². The maximum absolute atomic E-state index is 13.1. The number of tetrazole rings is 1. The molecule has 0 saturated carbocycles. The highest BCUT2D eigenvalue weighted by Crippen LogP contribution is 2.41. The number of ether oxygens (including phenoxy) is 1. The van der Waals surface area contributed by atoms with E-state index < -0.39 is 11.7 Å². The summed E-state index contributed by atoms with van der Waals surface area (Å²) in [7, 11) is 0. The summed E-state index contributed by atoms with van der Waals surface area (Å²) in [6.07, 6.45) is -3.36. The predicted octanol–water partition coefficient (Wildman–Crippen LogP) is 4.56. The molecule has 0 bridgehead atoms. The molecule has 0 amide bonds. The second-order valence-electron chi connectivity index (χ2n) is 6.71. The number of furan rings is 1. The fourth-order valence-corrected chi connectivity index (χ4v) is 3.33. The quantitative estimate of drug-likeness (QED) is 0.510. The maximum Gasteiger partial charge on any atom is 0.416 e. The molecule has 2 N–H and O–H groups in total. The molecule has 0 unspecified atom stereocenters. The molecule has 3 heterocycles. The van der Waals surface area contributed by atoms with E-state index in [1.807, 2.05) is 24.3 Å². The molecule has 4 aromatic rings. The number of hydrogen-bond acceptors (Lipinski definition) is 6. The molecule has 0 aliphatic carbocycles. The zero-order valence-electron chi connectivity index (χ0n) is 15.3. The molecule has 0 spiro atoms. The number of anilines is 1. The molecule has 7 nitrogen and oxygen atoms in total. The normalized spacial score (nSPS) is 13.6. The van der Waals surface area contributed by atoms with Crippen molar-refractivity contribution in [3.8, 4) is 17.3 Å². The van der Waals surface area contributed by atoms with Crippen molar-refractivity contribution in [2.45, 2.75) is 12.7 Å². The standard InChI is InChI=1S/C20H14F3N5O2/c21-20(22,23)15-5-6-29-17-9-13(3-4-14(15)17)24-10-11-1-2-12-8-18(30-16(12)7-11)19-25-27-28-26-19/h1-5,7-9,24H,6,10H2,(H,25,26,27,28). The van der Waals surface area contributed by atoms with Gasteiger partial charge in [0.25, 0.3) is 0 Å². The van der Waals surface area contributed by atoms with Gasteiger partial charge in [0.2, 0.25) is 5.82 Å². The maximum atomic E-state index is 13.1. The fraction of sp³-hybridized carbons (Fsp3) is 0.150. The zero-order valence-corrected chi connectivity index (χ0v) is 15.3. The number of aromatic nitrogens is 4. The molecular formula is C20H14F3N5O2. The monoisotopic (exact) mass is 413 g/mol. The molecule has 152 valence electrons. The largest absolute Gasteiger partial charge is 0.489 e.